The van der Waals surface area contributed by atoms with E-state index in [2.05, 4.69) is 5.32 Å². The van der Waals surface area contributed by atoms with Gasteiger partial charge in [0, 0.05) is 12.2 Å². The molecule has 3 amide bonds. The Morgan fingerprint density at radius 3 is 2.63 bits per heavy atom. The maximum Gasteiger partial charge on any atom is 0.256 e. The minimum absolute atomic E-state index is 0.124. The van der Waals surface area contributed by atoms with Crippen LogP contribution >= 0.6 is 0 Å². The number of carbonyl (C=O) groups is 3. The topological polar surface area (TPSA) is 69.7 Å². The zero-order chi connectivity index (χ0) is 19.0. The molecule has 138 valence electrons. The fourth-order valence-corrected chi connectivity index (χ4v) is 3.75. The monoisotopic (exact) mass is 363 g/mol. The van der Waals surface area contributed by atoms with E-state index in [0.717, 1.165) is 12.0 Å². The molecule has 0 bridgehead atoms. The predicted molar refractivity (Wildman–Crippen MR) is 103 cm³/mol. The Kier molecular flexibility index (Phi) is 4.39. The molecule has 1 N–H and O–H groups in total. The molecule has 27 heavy (non-hydrogen) atoms. The summed E-state index contributed by atoms with van der Waals surface area (Å²) in [4.78, 5) is 41.7. The highest BCUT2D eigenvalue weighted by Crippen LogP contribution is 2.32. The van der Waals surface area contributed by atoms with Crippen LogP contribution in [0.4, 0.5) is 11.4 Å². The molecule has 2 heterocycles. The number of para-hydroxylation sites is 1. The molecule has 0 saturated carbocycles. The van der Waals surface area contributed by atoms with Crippen LogP contribution in [0.25, 0.3) is 0 Å². The summed E-state index contributed by atoms with van der Waals surface area (Å²) in [6, 6.07) is 14.0. The van der Waals surface area contributed by atoms with Gasteiger partial charge in [-0.1, -0.05) is 29.8 Å². The number of rotatable bonds is 3. The van der Waals surface area contributed by atoms with Crippen molar-refractivity contribution in [3.05, 3.63) is 59.7 Å². The zero-order valence-electron chi connectivity index (χ0n) is 15.1. The smallest absolute Gasteiger partial charge is 0.256 e. The van der Waals surface area contributed by atoms with Crippen LogP contribution in [0.3, 0.4) is 0 Å². The lowest BCUT2D eigenvalue weighted by Crippen LogP contribution is -2.47. The summed E-state index contributed by atoms with van der Waals surface area (Å²) >= 11 is 0. The Labute approximate surface area is 157 Å². The van der Waals surface area contributed by atoms with Crippen molar-refractivity contribution in [2.75, 3.05) is 23.3 Å². The normalized spacial score (nSPS) is 18.8. The van der Waals surface area contributed by atoms with Crippen molar-refractivity contribution in [1.82, 2.24) is 4.90 Å². The van der Waals surface area contributed by atoms with Crippen molar-refractivity contribution in [3.63, 3.8) is 0 Å². The minimum atomic E-state index is -0.489. The largest absolute Gasteiger partial charge is 0.327 e. The maximum atomic E-state index is 13.1. The Morgan fingerprint density at radius 2 is 1.85 bits per heavy atom. The lowest BCUT2D eigenvalue weighted by molar-refractivity contribution is -0.124. The van der Waals surface area contributed by atoms with Crippen molar-refractivity contribution >= 4 is 29.1 Å². The highest BCUT2D eigenvalue weighted by molar-refractivity contribution is 6.13. The van der Waals surface area contributed by atoms with Crippen molar-refractivity contribution in [2.45, 2.75) is 25.8 Å². The minimum Gasteiger partial charge on any atom is -0.327 e. The number of aryl methyl sites for hydroxylation is 1. The average molecular weight is 363 g/mol. The molecule has 2 aromatic carbocycles. The Bertz CT molecular complexity index is 907. The number of hydrogen-bond acceptors (Lipinski definition) is 3. The van der Waals surface area contributed by atoms with Crippen LogP contribution in [0.2, 0.25) is 0 Å². The molecule has 1 fully saturated rings. The van der Waals surface area contributed by atoms with E-state index in [1.807, 2.05) is 31.2 Å². The van der Waals surface area contributed by atoms with Gasteiger partial charge in [0.2, 0.25) is 11.8 Å². The Morgan fingerprint density at radius 1 is 1.11 bits per heavy atom. The molecule has 1 saturated heterocycles. The van der Waals surface area contributed by atoms with E-state index in [1.165, 1.54) is 4.90 Å². The van der Waals surface area contributed by atoms with Gasteiger partial charge in [-0.15, -0.1) is 0 Å². The van der Waals surface area contributed by atoms with E-state index in [1.54, 1.807) is 29.2 Å². The van der Waals surface area contributed by atoms with Crippen LogP contribution in [0.1, 0.15) is 28.8 Å². The second-order valence-electron chi connectivity index (χ2n) is 7.01. The van der Waals surface area contributed by atoms with E-state index in [-0.39, 0.29) is 24.3 Å². The number of amides is 3. The SMILES string of the molecule is Cc1ccc(NC(=O)CN2C(=O)[C@H]3CCCN3C(=O)c3ccccc32)cc1. The van der Waals surface area contributed by atoms with E-state index >= 15 is 0 Å². The summed E-state index contributed by atoms with van der Waals surface area (Å²) in [5.74, 6) is -0.617. The van der Waals surface area contributed by atoms with Gasteiger partial charge in [-0.25, -0.2) is 0 Å². The molecule has 2 aliphatic rings. The van der Waals surface area contributed by atoms with Crippen LogP contribution in [-0.4, -0.2) is 41.8 Å². The summed E-state index contributed by atoms with van der Waals surface area (Å²) < 4.78 is 0. The molecular weight excluding hydrogens is 342 g/mol. The third-order valence-corrected chi connectivity index (χ3v) is 5.13. The Hall–Kier alpha value is -3.15. The van der Waals surface area contributed by atoms with Crippen molar-refractivity contribution in [1.29, 1.82) is 0 Å². The Balaban J connectivity index is 1.62. The summed E-state index contributed by atoms with van der Waals surface area (Å²) in [7, 11) is 0. The first-order valence-corrected chi connectivity index (χ1v) is 9.12. The van der Waals surface area contributed by atoms with Gasteiger partial charge in [0.1, 0.15) is 12.6 Å². The van der Waals surface area contributed by atoms with Gasteiger partial charge in [0.15, 0.2) is 0 Å². The molecule has 0 radical (unpaired) electrons. The second-order valence-corrected chi connectivity index (χ2v) is 7.01. The summed E-state index contributed by atoms with van der Waals surface area (Å²) in [5, 5.41) is 2.83. The second kappa shape index (κ2) is 6.87. The van der Waals surface area contributed by atoms with E-state index in [0.29, 0.717) is 29.9 Å². The fourth-order valence-electron chi connectivity index (χ4n) is 3.75. The highest BCUT2D eigenvalue weighted by atomic mass is 16.2. The van der Waals surface area contributed by atoms with Crippen molar-refractivity contribution in [3.8, 4) is 0 Å². The molecule has 0 spiro atoms. The van der Waals surface area contributed by atoms with Gasteiger partial charge < -0.3 is 15.1 Å². The first kappa shape index (κ1) is 17.3. The lowest BCUT2D eigenvalue weighted by Gasteiger charge is -2.25. The van der Waals surface area contributed by atoms with Gasteiger partial charge in [0.25, 0.3) is 5.91 Å². The first-order chi connectivity index (χ1) is 13.0. The molecule has 0 aromatic heterocycles. The van der Waals surface area contributed by atoms with Gasteiger partial charge >= 0.3 is 0 Å². The average Bonchev–Trinajstić information content (AvgIpc) is 3.14. The standard InChI is InChI=1S/C21H21N3O3/c1-14-8-10-15(11-9-14)22-19(25)13-24-17-6-3-2-5-16(17)20(26)23-12-4-7-18(23)21(24)27/h2-3,5-6,8-11,18H,4,7,12-13H2,1H3,(H,22,25)/t18-/m1/s1. The number of benzene rings is 2. The molecular formula is C21H21N3O3. The van der Waals surface area contributed by atoms with Crippen LogP contribution in [0.15, 0.2) is 48.5 Å². The van der Waals surface area contributed by atoms with Crippen LogP contribution in [0.5, 0.6) is 0 Å². The number of carbonyl (C=O) groups excluding carboxylic acids is 3. The molecule has 1 atom stereocenters. The third-order valence-electron chi connectivity index (χ3n) is 5.13. The molecule has 6 heteroatoms. The zero-order valence-corrected chi connectivity index (χ0v) is 15.1. The summed E-state index contributed by atoms with van der Waals surface area (Å²) in [5.41, 5.74) is 2.75. The molecule has 4 rings (SSSR count). The van der Waals surface area contributed by atoms with Crippen molar-refractivity contribution in [2.24, 2.45) is 0 Å². The number of hydrogen-bond donors (Lipinski definition) is 1. The molecule has 0 unspecified atom stereocenters. The van der Waals surface area contributed by atoms with Crippen LogP contribution in [-0.2, 0) is 9.59 Å². The van der Waals surface area contributed by atoms with Crippen LogP contribution < -0.4 is 10.2 Å². The highest BCUT2D eigenvalue weighted by Gasteiger charge is 2.42. The van der Waals surface area contributed by atoms with Gasteiger partial charge in [-0.2, -0.15) is 0 Å². The van der Waals surface area contributed by atoms with E-state index in [9.17, 15) is 14.4 Å². The third kappa shape index (κ3) is 3.18. The van der Waals surface area contributed by atoms with Gasteiger partial charge in [0.05, 0.1) is 11.3 Å². The number of nitrogens with one attached hydrogen (secondary N) is 1. The van der Waals surface area contributed by atoms with Gasteiger partial charge in [-0.3, -0.25) is 14.4 Å². The van der Waals surface area contributed by atoms with Gasteiger partial charge in [-0.05, 0) is 44.0 Å². The van der Waals surface area contributed by atoms with Crippen molar-refractivity contribution < 1.29 is 14.4 Å². The number of fused-ring (bicyclic) bond motifs is 2. The van der Waals surface area contributed by atoms with Crippen LogP contribution in [0, 0.1) is 6.92 Å². The molecule has 6 nitrogen and oxygen atoms in total. The fraction of sp³-hybridized carbons (Fsp3) is 0.286. The summed E-state index contributed by atoms with van der Waals surface area (Å²) in [6.07, 6.45) is 1.43. The lowest BCUT2D eigenvalue weighted by atomic mass is 10.1. The maximum absolute atomic E-state index is 13.1. The molecule has 2 aromatic rings. The predicted octanol–water partition coefficient (Wildman–Crippen LogP) is 2.58. The van der Waals surface area contributed by atoms with E-state index in [4.69, 9.17) is 0 Å². The molecule has 2 aliphatic heterocycles. The molecule has 0 aliphatic carbocycles. The van der Waals surface area contributed by atoms with E-state index < -0.39 is 6.04 Å². The quantitative estimate of drug-likeness (QED) is 0.911. The number of nitrogens with zero attached hydrogens (tertiary/aromatic N) is 2. The first-order valence-electron chi connectivity index (χ1n) is 9.12. The number of anilines is 2. The summed E-state index contributed by atoms with van der Waals surface area (Å²) in [6.45, 7) is 2.43.